The molecule has 156 valence electrons. The number of rotatable bonds is 16. The third kappa shape index (κ3) is 15.0. The maximum Gasteiger partial charge on any atom is 0.119 e. The van der Waals surface area contributed by atoms with Crippen LogP contribution in [0.5, 0.6) is 5.75 Å². The van der Waals surface area contributed by atoms with E-state index in [2.05, 4.69) is 39.5 Å². The lowest BCUT2D eigenvalue weighted by atomic mass is 9.80. The topological polar surface area (TPSA) is 9.23 Å². The molecule has 0 N–H and O–H groups in total. The minimum atomic E-state index is 0.468. The molecule has 0 bridgehead atoms. The maximum atomic E-state index is 5.76. The van der Waals surface area contributed by atoms with Crippen LogP contribution in [-0.4, -0.2) is 18.1 Å². The van der Waals surface area contributed by atoms with E-state index < -0.39 is 0 Å². The van der Waals surface area contributed by atoms with Crippen molar-refractivity contribution in [3.63, 3.8) is 0 Å². The molecule has 1 atom stereocenters. The van der Waals surface area contributed by atoms with Gasteiger partial charge in [0.2, 0.25) is 0 Å². The summed E-state index contributed by atoms with van der Waals surface area (Å²) in [6.07, 6.45) is 13.8. The summed E-state index contributed by atoms with van der Waals surface area (Å²) in [6.45, 7) is 10.3. The Hall–Kier alpha value is -0.630. The van der Waals surface area contributed by atoms with Crippen molar-refractivity contribution in [2.75, 3.05) is 18.1 Å². The lowest BCUT2D eigenvalue weighted by Crippen LogP contribution is -2.14. The molecule has 1 unspecified atom stereocenters. The molecule has 1 rings (SSSR count). The first-order valence-corrected chi connectivity index (χ1v) is 12.4. The highest BCUT2D eigenvalue weighted by molar-refractivity contribution is 7.99. The molecule has 0 spiro atoms. The number of unbranched alkanes of at least 4 members (excludes halogenated alkanes) is 4. The number of para-hydroxylation sites is 1. The lowest BCUT2D eigenvalue weighted by Gasteiger charge is -2.26. The van der Waals surface area contributed by atoms with Crippen LogP contribution in [0.15, 0.2) is 30.3 Å². The van der Waals surface area contributed by atoms with Crippen molar-refractivity contribution in [3.8, 4) is 5.75 Å². The Morgan fingerprint density at radius 3 is 2.22 bits per heavy atom. The highest BCUT2D eigenvalue weighted by Crippen LogP contribution is 2.31. The summed E-state index contributed by atoms with van der Waals surface area (Å²) in [6, 6.07) is 10.2. The van der Waals surface area contributed by atoms with Crippen LogP contribution < -0.4 is 4.74 Å². The number of hydrogen-bond acceptors (Lipinski definition) is 2. The SMILES string of the molecule is CCCCCCCC(CCCSCCCOc1ccccc1)CC(C)(C)C. The standard InChI is InChI=1S/C25H44OS/c1-5-6-7-8-10-15-23(22-25(2,3)4)16-13-20-27-21-14-19-26-24-17-11-9-12-18-24/h9,11-12,17-18,23H,5-8,10,13-16,19-22H2,1-4H3. The zero-order chi connectivity index (χ0) is 19.8. The van der Waals surface area contributed by atoms with E-state index in [0.717, 1.165) is 24.7 Å². The van der Waals surface area contributed by atoms with Gasteiger partial charge in [-0.15, -0.1) is 0 Å². The Morgan fingerprint density at radius 1 is 0.852 bits per heavy atom. The third-order valence-electron chi connectivity index (χ3n) is 4.96. The highest BCUT2D eigenvalue weighted by atomic mass is 32.2. The predicted octanol–water partition coefficient (Wildman–Crippen LogP) is 8.38. The van der Waals surface area contributed by atoms with E-state index in [1.807, 2.05) is 30.3 Å². The van der Waals surface area contributed by atoms with E-state index in [1.54, 1.807) is 0 Å². The van der Waals surface area contributed by atoms with Gasteiger partial charge in [0, 0.05) is 0 Å². The first-order valence-electron chi connectivity index (χ1n) is 11.3. The molecule has 0 saturated carbocycles. The Kier molecular flexibility index (Phi) is 13.8. The van der Waals surface area contributed by atoms with Crippen LogP contribution in [0.4, 0.5) is 0 Å². The van der Waals surface area contributed by atoms with Gasteiger partial charge in [-0.1, -0.05) is 84.4 Å². The molecule has 0 aliphatic carbocycles. The van der Waals surface area contributed by atoms with Gasteiger partial charge >= 0.3 is 0 Å². The van der Waals surface area contributed by atoms with E-state index in [-0.39, 0.29) is 0 Å². The first kappa shape index (κ1) is 24.4. The molecule has 0 amide bonds. The molecule has 0 aliphatic heterocycles. The fourth-order valence-electron chi connectivity index (χ4n) is 3.69. The van der Waals surface area contributed by atoms with Crippen molar-refractivity contribution in [3.05, 3.63) is 30.3 Å². The van der Waals surface area contributed by atoms with E-state index in [0.29, 0.717) is 5.41 Å². The van der Waals surface area contributed by atoms with E-state index in [9.17, 15) is 0 Å². The lowest BCUT2D eigenvalue weighted by molar-refractivity contribution is 0.264. The van der Waals surface area contributed by atoms with Crippen LogP contribution >= 0.6 is 11.8 Å². The van der Waals surface area contributed by atoms with Gasteiger partial charge in [-0.05, 0) is 60.7 Å². The summed E-state index contributed by atoms with van der Waals surface area (Å²) in [5, 5.41) is 0. The summed E-state index contributed by atoms with van der Waals surface area (Å²) in [4.78, 5) is 0. The second kappa shape index (κ2) is 15.3. The quantitative estimate of drug-likeness (QED) is 0.261. The smallest absolute Gasteiger partial charge is 0.119 e. The van der Waals surface area contributed by atoms with Crippen molar-refractivity contribution in [1.29, 1.82) is 0 Å². The molecule has 1 aromatic carbocycles. The van der Waals surface area contributed by atoms with Gasteiger partial charge in [-0.2, -0.15) is 11.8 Å². The van der Waals surface area contributed by atoms with Crippen LogP contribution in [0, 0.1) is 11.3 Å². The van der Waals surface area contributed by atoms with Crippen LogP contribution in [0.3, 0.4) is 0 Å². The number of thioether (sulfide) groups is 1. The largest absolute Gasteiger partial charge is 0.494 e. The van der Waals surface area contributed by atoms with Crippen LogP contribution in [0.25, 0.3) is 0 Å². The molecular weight excluding hydrogens is 348 g/mol. The average Bonchev–Trinajstić information content (AvgIpc) is 2.63. The second-order valence-corrected chi connectivity index (χ2v) is 10.3. The summed E-state index contributed by atoms with van der Waals surface area (Å²) in [7, 11) is 0. The zero-order valence-electron chi connectivity index (χ0n) is 18.5. The molecule has 0 fully saturated rings. The van der Waals surface area contributed by atoms with Crippen molar-refractivity contribution >= 4 is 11.8 Å². The minimum Gasteiger partial charge on any atom is -0.494 e. The van der Waals surface area contributed by atoms with E-state index in [4.69, 9.17) is 4.74 Å². The van der Waals surface area contributed by atoms with Gasteiger partial charge < -0.3 is 4.74 Å². The Labute approximate surface area is 174 Å². The van der Waals surface area contributed by atoms with Gasteiger partial charge in [0.1, 0.15) is 5.75 Å². The van der Waals surface area contributed by atoms with Gasteiger partial charge in [0.25, 0.3) is 0 Å². The molecule has 1 nitrogen and oxygen atoms in total. The molecular formula is C25H44OS. The van der Waals surface area contributed by atoms with Crippen molar-refractivity contribution in [1.82, 2.24) is 0 Å². The Morgan fingerprint density at radius 2 is 1.52 bits per heavy atom. The van der Waals surface area contributed by atoms with Gasteiger partial charge in [0.15, 0.2) is 0 Å². The molecule has 0 aliphatic rings. The van der Waals surface area contributed by atoms with Crippen molar-refractivity contribution in [2.45, 2.75) is 91.9 Å². The minimum absolute atomic E-state index is 0.468. The summed E-state index contributed by atoms with van der Waals surface area (Å²) < 4.78 is 5.76. The van der Waals surface area contributed by atoms with Crippen LogP contribution in [0.2, 0.25) is 0 Å². The summed E-state index contributed by atoms with van der Waals surface area (Å²) in [5.74, 6) is 4.44. The average molecular weight is 393 g/mol. The van der Waals surface area contributed by atoms with Gasteiger partial charge in [0.05, 0.1) is 6.61 Å². The maximum absolute atomic E-state index is 5.76. The fraction of sp³-hybridized carbons (Fsp3) is 0.760. The zero-order valence-corrected chi connectivity index (χ0v) is 19.3. The molecule has 1 aromatic rings. The highest BCUT2D eigenvalue weighted by Gasteiger charge is 2.18. The number of ether oxygens (including phenoxy) is 1. The van der Waals surface area contributed by atoms with Gasteiger partial charge in [-0.25, -0.2) is 0 Å². The summed E-state index contributed by atoms with van der Waals surface area (Å²) >= 11 is 2.10. The van der Waals surface area contributed by atoms with Crippen LogP contribution in [0.1, 0.15) is 91.9 Å². The van der Waals surface area contributed by atoms with Gasteiger partial charge in [-0.3, -0.25) is 0 Å². The molecule has 2 heteroatoms. The molecule has 0 aromatic heterocycles. The third-order valence-corrected chi connectivity index (χ3v) is 6.12. The monoisotopic (exact) mass is 392 g/mol. The van der Waals surface area contributed by atoms with Crippen LogP contribution in [-0.2, 0) is 0 Å². The molecule has 0 radical (unpaired) electrons. The van der Waals surface area contributed by atoms with Crippen molar-refractivity contribution < 1.29 is 4.74 Å². The number of hydrogen-bond donors (Lipinski definition) is 0. The molecule has 0 heterocycles. The molecule has 0 saturated heterocycles. The normalized spacial score (nSPS) is 12.9. The predicted molar refractivity (Wildman–Crippen MR) is 124 cm³/mol. The van der Waals surface area contributed by atoms with E-state index in [1.165, 1.54) is 69.3 Å². The first-order chi connectivity index (χ1) is 13.0. The summed E-state index contributed by atoms with van der Waals surface area (Å²) in [5.41, 5.74) is 0.468. The number of benzene rings is 1. The Balaban J connectivity index is 2.07. The van der Waals surface area contributed by atoms with Crippen molar-refractivity contribution in [2.24, 2.45) is 11.3 Å². The fourth-order valence-corrected chi connectivity index (χ4v) is 4.59. The molecule has 27 heavy (non-hydrogen) atoms. The second-order valence-electron chi connectivity index (χ2n) is 9.10. The Bertz CT molecular complexity index is 437. The van der Waals surface area contributed by atoms with E-state index >= 15 is 0 Å².